The molecule has 82 valence electrons. The van der Waals surface area contributed by atoms with Gasteiger partial charge in [0.05, 0.1) is 19.3 Å². The van der Waals surface area contributed by atoms with Gasteiger partial charge in [0.2, 0.25) is 0 Å². The molecule has 15 heavy (non-hydrogen) atoms. The monoisotopic (exact) mass is 206 g/mol. The molecule has 0 N–H and O–H groups in total. The Balaban J connectivity index is 2.44. The summed E-state index contributed by atoms with van der Waals surface area (Å²) in [5, 5.41) is 0. The van der Waals surface area contributed by atoms with Crippen LogP contribution in [0.4, 0.5) is 0 Å². The Morgan fingerprint density at radius 2 is 2.07 bits per heavy atom. The van der Waals surface area contributed by atoms with Crippen molar-refractivity contribution >= 4 is 0 Å². The van der Waals surface area contributed by atoms with Crippen LogP contribution in [0.2, 0.25) is 0 Å². The van der Waals surface area contributed by atoms with Crippen molar-refractivity contribution in [3.05, 3.63) is 28.8 Å². The first kappa shape index (κ1) is 10.5. The molecule has 1 aromatic carbocycles. The molecular weight excluding hydrogens is 188 g/mol. The lowest BCUT2D eigenvalue weighted by Gasteiger charge is -2.32. The lowest BCUT2D eigenvalue weighted by atomic mass is 9.89. The fourth-order valence-corrected chi connectivity index (χ4v) is 2.11. The van der Waals surface area contributed by atoms with Crippen molar-refractivity contribution in [1.29, 1.82) is 0 Å². The molecule has 0 unspecified atom stereocenters. The number of benzene rings is 1. The van der Waals surface area contributed by atoms with Gasteiger partial charge in [0.1, 0.15) is 5.75 Å². The van der Waals surface area contributed by atoms with Crippen molar-refractivity contribution in [2.75, 3.05) is 7.11 Å². The quantitative estimate of drug-likeness (QED) is 0.703. The average molecular weight is 206 g/mol. The van der Waals surface area contributed by atoms with Crippen molar-refractivity contribution in [1.82, 2.24) is 0 Å². The molecule has 0 atom stereocenters. The Morgan fingerprint density at radius 3 is 2.73 bits per heavy atom. The lowest BCUT2D eigenvalue weighted by molar-refractivity contribution is -0.0403. The molecule has 1 aliphatic heterocycles. The van der Waals surface area contributed by atoms with Crippen molar-refractivity contribution in [2.45, 2.75) is 39.4 Å². The number of ether oxygens (including phenoxy) is 2. The van der Waals surface area contributed by atoms with Crippen molar-refractivity contribution in [2.24, 2.45) is 0 Å². The maximum atomic E-state index is 5.81. The van der Waals surface area contributed by atoms with E-state index in [-0.39, 0.29) is 5.60 Å². The molecule has 0 saturated heterocycles. The highest BCUT2D eigenvalue weighted by Gasteiger charge is 2.27. The molecule has 0 spiro atoms. The zero-order valence-electron chi connectivity index (χ0n) is 9.89. The fourth-order valence-electron chi connectivity index (χ4n) is 2.11. The number of fused-ring (bicyclic) bond motifs is 1. The Bertz CT molecular complexity index is 380. The van der Waals surface area contributed by atoms with Crippen LogP contribution < -0.4 is 4.74 Å². The minimum Gasteiger partial charge on any atom is -0.497 e. The standard InChI is InChI=1S/C13H18O2/c1-9-5-11(14-4)6-10-7-13(2,3)15-8-12(9)10/h5-6H,7-8H2,1-4H3. The Labute approximate surface area is 91.2 Å². The van der Waals surface area contributed by atoms with Gasteiger partial charge < -0.3 is 9.47 Å². The molecule has 1 heterocycles. The van der Waals surface area contributed by atoms with Crippen LogP contribution in [0.1, 0.15) is 30.5 Å². The molecule has 1 aliphatic rings. The summed E-state index contributed by atoms with van der Waals surface area (Å²) < 4.78 is 11.1. The third-order valence-corrected chi connectivity index (χ3v) is 3.00. The average Bonchev–Trinajstić information content (AvgIpc) is 2.15. The minimum atomic E-state index is -0.0498. The van der Waals surface area contributed by atoms with Crippen LogP contribution in [-0.4, -0.2) is 12.7 Å². The summed E-state index contributed by atoms with van der Waals surface area (Å²) in [6, 6.07) is 4.20. The number of hydrogen-bond donors (Lipinski definition) is 0. The first-order valence-electron chi connectivity index (χ1n) is 5.32. The zero-order valence-corrected chi connectivity index (χ0v) is 9.89. The Hall–Kier alpha value is -1.02. The summed E-state index contributed by atoms with van der Waals surface area (Å²) in [6.07, 6.45) is 0.959. The summed E-state index contributed by atoms with van der Waals surface area (Å²) in [5.41, 5.74) is 3.91. The second-order valence-electron chi connectivity index (χ2n) is 4.81. The van der Waals surface area contributed by atoms with Crippen LogP contribution in [0, 0.1) is 6.92 Å². The molecule has 0 aliphatic carbocycles. The van der Waals surface area contributed by atoms with Gasteiger partial charge in [-0.05, 0) is 49.6 Å². The van der Waals surface area contributed by atoms with Crippen LogP contribution in [0.5, 0.6) is 5.75 Å². The van der Waals surface area contributed by atoms with E-state index in [9.17, 15) is 0 Å². The highest BCUT2D eigenvalue weighted by Crippen LogP contribution is 2.32. The fraction of sp³-hybridized carbons (Fsp3) is 0.538. The molecule has 0 bridgehead atoms. The van der Waals surface area contributed by atoms with E-state index in [4.69, 9.17) is 9.47 Å². The largest absolute Gasteiger partial charge is 0.497 e. The molecule has 2 nitrogen and oxygen atoms in total. The van der Waals surface area contributed by atoms with E-state index in [1.54, 1.807) is 7.11 Å². The minimum absolute atomic E-state index is 0.0498. The van der Waals surface area contributed by atoms with E-state index in [1.165, 1.54) is 16.7 Å². The first-order valence-corrected chi connectivity index (χ1v) is 5.32. The van der Waals surface area contributed by atoms with E-state index >= 15 is 0 Å². The summed E-state index contributed by atoms with van der Waals surface area (Å²) in [6.45, 7) is 7.09. The number of rotatable bonds is 1. The van der Waals surface area contributed by atoms with Crippen LogP contribution in [0.25, 0.3) is 0 Å². The van der Waals surface area contributed by atoms with E-state index in [0.29, 0.717) is 0 Å². The molecular formula is C13H18O2. The van der Waals surface area contributed by atoms with Crippen LogP contribution in [0.3, 0.4) is 0 Å². The summed E-state index contributed by atoms with van der Waals surface area (Å²) in [7, 11) is 1.71. The second-order valence-corrected chi connectivity index (χ2v) is 4.81. The van der Waals surface area contributed by atoms with Gasteiger partial charge in [-0.1, -0.05) is 0 Å². The maximum Gasteiger partial charge on any atom is 0.119 e. The van der Waals surface area contributed by atoms with Crippen LogP contribution >= 0.6 is 0 Å². The normalized spacial score (nSPS) is 18.4. The predicted molar refractivity (Wildman–Crippen MR) is 60.3 cm³/mol. The first-order chi connectivity index (χ1) is 7.02. The molecule has 0 radical (unpaired) electrons. The third kappa shape index (κ3) is 2.00. The van der Waals surface area contributed by atoms with Gasteiger partial charge in [-0.15, -0.1) is 0 Å². The van der Waals surface area contributed by atoms with E-state index in [1.807, 2.05) is 0 Å². The lowest BCUT2D eigenvalue weighted by Crippen LogP contribution is -2.32. The highest BCUT2D eigenvalue weighted by molar-refractivity contribution is 5.43. The summed E-state index contributed by atoms with van der Waals surface area (Å²) in [5.74, 6) is 0.948. The van der Waals surface area contributed by atoms with E-state index in [0.717, 1.165) is 18.8 Å². The third-order valence-electron chi connectivity index (χ3n) is 3.00. The van der Waals surface area contributed by atoms with Gasteiger partial charge in [0.25, 0.3) is 0 Å². The molecule has 1 aromatic rings. The molecule has 0 saturated carbocycles. The number of methoxy groups -OCH3 is 1. The van der Waals surface area contributed by atoms with Crippen LogP contribution in [-0.2, 0) is 17.8 Å². The zero-order chi connectivity index (χ0) is 11.1. The highest BCUT2D eigenvalue weighted by atomic mass is 16.5. The van der Waals surface area contributed by atoms with Gasteiger partial charge in [-0.3, -0.25) is 0 Å². The van der Waals surface area contributed by atoms with Gasteiger partial charge in [-0.2, -0.15) is 0 Å². The summed E-state index contributed by atoms with van der Waals surface area (Å²) >= 11 is 0. The molecule has 0 amide bonds. The van der Waals surface area contributed by atoms with Crippen molar-refractivity contribution < 1.29 is 9.47 Å². The van der Waals surface area contributed by atoms with Crippen molar-refractivity contribution in [3.8, 4) is 5.75 Å². The number of hydrogen-bond acceptors (Lipinski definition) is 2. The smallest absolute Gasteiger partial charge is 0.119 e. The summed E-state index contributed by atoms with van der Waals surface area (Å²) in [4.78, 5) is 0. The maximum absolute atomic E-state index is 5.81. The van der Waals surface area contributed by atoms with E-state index in [2.05, 4.69) is 32.9 Å². The molecule has 0 aromatic heterocycles. The Morgan fingerprint density at radius 1 is 1.33 bits per heavy atom. The number of aryl methyl sites for hydroxylation is 1. The predicted octanol–water partition coefficient (Wildman–Crippen LogP) is 2.85. The van der Waals surface area contributed by atoms with Crippen molar-refractivity contribution in [3.63, 3.8) is 0 Å². The Kier molecular flexibility index (Phi) is 2.47. The molecule has 0 fully saturated rings. The topological polar surface area (TPSA) is 18.5 Å². The van der Waals surface area contributed by atoms with Gasteiger partial charge in [-0.25, -0.2) is 0 Å². The van der Waals surface area contributed by atoms with Gasteiger partial charge in [0.15, 0.2) is 0 Å². The molecule has 2 heteroatoms. The molecule has 2 rings (SSSR count). The van der Waals surface area contributed by atoms with Gasteiger partial charge in [0, 0.05) is 6.42 Å². The van der Waals surface area contributed by atoms with Crippen LogP contribution in [0.15, 0.2) is 12.1 Å². The van der Waals surface area contributed by atoms with E-state index < -0.39 is 0 Å². The SMILES string of the molecule is COc1cc(C)c2c(c1)CC(C)(C)OC2. The van der Waals surface area contributed by atoms with Gasteiger partial charge >= 0.3 is 0 Å². The second kappa shape index (κ2) is 3.53.